The van der Waals surface area contributed by atoms with E-state index < -0.39 is 6.36 Å². The van der Waals surface area contributed by atoms with Crippen LogP contribution in [-0.2, 0) is 11.2 Å². The minimum atomic E-state index is -4.72. The predicted molar refractivity (Wildman–Crippen MR) is 121 cm³/mol. The Morgan fingerprint density at radius 2 is 1.91 bits per heavy atom. The second-order valence-electron chi connectivity index (χ2n) is 7.37. The molecule has 2 aromatic carbocycles. The quantitative estimate of drug-likeness (QED) is 0.539. The molecule has 1 aliphatic heterocycles. The molecule has 0 aliphatic carbocycles. The maximum Gasteiger partial charge on any atom is 0.573 e. The van der Waals surface area contributed by atoms with Crippen LogP contribution in [0.15, 0.2) is 59.6 Å². The molecule has 1 fully saturated rings. The molecule has 5 nitrogen and oxygen atoms in total. The highest BCUT2D eigenvalue weighted by Crippen LogP contribution is 2.36. The van der Waals surface area contributed by atoms with Crippen LogP contribution in [-0.4, -0.2) is 48.2 Å². The zero-order valence-electron chi connectivity index (χ0n) is 17.8. The Kier molecular flexibility index (Phi) is 8.58. The minimum absolute atomic E-state index is 0.0718. The number of halogens is 3. The maximum atomic E-state index is 12.5. The van der Waals surface area contributed by atoms with Gasteiger partial charge in [0, 0.05) is 18.7 Å². The van der Waals surface area contributed by atoms with Gasteiger partial charge in [-0.15, -0.1) is 13.2 Å². The molecule has 1 unspecified atom stereocenters. The number of nitrogens with one attached hydrogen (secondary N) is 1. The van der Waals surface area contributed by atoms with E-state index in [1.54, 1.807) is 12.1 Å². The van der Waals surface area contributed by atoms with Gasteiger partial charge in [0.2, 0.25) is 5.91 Å². The third kappa shape index (κ3) is 7.27. The summed E-state index contributed by atoms with van der Waals surface area (Å²) in [7, 11) is 1.87. The first-order valence-electron chi connectivity index (χ1n) is 10.4. The number of hydrogen-bond donors (Lipinski definition) is 1. The Balaban J connectivity index is 1.70. The number of alkyl halides is 3. The number of hydrogen-bond acceptors (Lipinski definition) is 4. The molecular weight excluding hydrogens is 439 g/mol. The molecule has 3 rings (SSSR count). The van der Waals surface area contributed by atoms with Crippen molar-refractivity contribution < 1.29 is 22.7 Å². The van der Waals surface area contributed by atoms with Crippen molar-refractivity contribution in [2.75, 3.05) is 25.9 Å². The molecule has 0 aromatic heterocycles. The summed E-state index contributed by atoms with van der Waals surface area (Å²) in [4.78, 5) is 18.9. The summed E-state index contributed by atoms with van der Waals surface area (Å²) in [6.45, 7) is 1.49. The first kappa shape index (κ1) is 24.1. The predicted octanol–water partition coefficient (Wildman–Crippen LogP) is 4.80. The molecule has 1 atom stereocenters. The van der Waals surface area contributed by atoms with Gasteiger partial charge >= 0.3 is 6.36 Å². The van der Waals surface area contributed by atoms with Crippen LogP contribution in [0, 0.1) is 0 Å². The van der Waals surface area contributed by atoms with E-state index in [9.17, 15) is 18.0 Å². The number of amidine groups is 1. The number of benzene rings is 2. The topological polar surface area (TPSA) is 53.9 Å². The van der Waals surface area contributed by atoms with E-state index in [1.165, 1.54) is 23.9 Å². The monoisotopic (exact) mass is 465 g/mol. The molecular formula is C23H26F3N3O2S. The molecule has 2 aromatic rings. The Hall–Kier alpha value is -2.52. The molecule has 1 heterocycles. The molecule has 1 aliphatic rings. The summed E-state index contributed by atoms with van der Waals surface area (Å²) in [6, 6.07) is 15.6. The molecule has 1 saturated heterocycles. The van der Waals surface area contributed by atoms with Crippen LogP contribution in [0.5, 0.6) is 5.75 Å². The van der Waals surface area contributed by atoms with Gasteiger partial charge in [0.05, 0.1) is 6.04 Å². The summed E-state index contributed by atoms with van der Waals surface area (Å²) in [5.41, 5.74) is 1.95. The van der Waals surface area contributed by atoms with Crippen molar-refractivity contribution in [2.45, 2.75) is 31.7 Å². The first-order chi connectivity index (χ1) is 15.4. The van der Waals surface area contributed by atoms with Crippen molar-refractivity contribution in [2.24, 2.45) is 4.99 Å². The number of rotatable bonds is 9. The van der Waals surface area contributed by atoms with Gasteiger partial charge in [-0.05, 0) is 49.7 Å². The number of aliphatic imine (C=N–C) groups is 1. The number of carbonyl (C=O) groups excluding carboxylic acids is 1. The molecule has 1 N–H and O–H groups in total. The highest BCUT2D eigenvalue weighted by atomic mass is 32.2. The molecule has 32 heavy (non-hydrogen) atoms. The SMILES string of the molecule is CNCCCN1C(=NC(=O)CCc2ccccc2)SCC1c1ccc(OC(F)(F)F)cc1. The van der Waals surface area contributed by atoms with Crippen molar-refractivity contribution in [3.63, 3.8) is 0 Å². The van der Waals surface area contributed by atoms with Gasteiger partial charge in [0.25, 0.3) is 0 Å². The van der Waals surface area contributed by atoms with Crippen molar-refractivity contribution in [3.05, 3.63) is 65.7 Å². The normalized spacial score (nSPS) is 17.7. The molecule has 1 amide bonds. The van der Waals surface area contributed by atoms with Gasteiger partial charge < -0.3 is 15.0 Å². The van der Waals surface area contributed by atoms with E-state index in [4.69, 9.17) is 0 Å². The van der Waals surface area contributed by atoms with Crippen molar-refractivity contribution in [3.8, 4) is 5.75 Å². The fourth-order valence-corrected chi connectivity index (χ4v) is 4.69. The second-order valence-corrected chi connectivity index (χ2v) is 8.36. The summed E-state index contributed by atoms with van der Waals surface area (Å²) in [5, 5.41) is 3.77. The molecule has 0 saturated carbocycles. The van der Waals surface area contributed by atoms with E-state index >= 15 is 0 Å². The maximum absolute atomic E-state index is 12.5. The number of aryl methyl sites for hydroxylation is 1. The van der Waals surface area contributed by atoms with Crippen LogP contribution in [0.25, 0.3) is 0 Å². The van der Waals surface area contributed by atoms with E-state index in [1.807, 2.05) is 37.4 Å². The third-order valence-corrected chi connectivity index (χ3v) is 6.07. The Labute approximate surface area is 190 Å². The van der Waals surface area contributed by atoms with Crippen LogP contribution in [0.1, 0.15) is 30.0 Å². The Morgan fingerprint density at radius 1 is 1.19 bits per heavy atom. The highest BCUT2D eigenvalue weighted by Gasteiger charge is 2.33. The standard InChI is InChI=1S/C23H26F3N3O2S/c1-27-14-5-15-29-20(18-9-11-19(12-10-18)31-23(24,25)26)16-32-22(29)28-21(30)13-8-17-6-3-2-4-7-17/h2-4,6-7,9-12,20,27H,5,8,13-16H2,1H3. The number of ether oxygens (including phenoxy) is 1. The molecule has 0 radical (unpaired) electrons. The average molecular weight is 466 g/mol. The second kappa shape index (κ2) is 11.4. The average Bonchev–Trinajstić information content (AvgIpc) is 3.15. The van der Waals surface area contributed by atoms with Gasteiger partial charge in [-0.2, -0.15) is 4.99 Å². The lowest BCUT2D eigenvalue weighted by Gasteiger charge is -2.26. The van der Waals surface area contributed by atoms with Gasteiger partial charge in [-0.3, -0.25) is 4.79 Å². The molecule has 9 heteroatoms. The lowest BCUT2D eigenvalue weighted by Crippen LogP contribution is -2.31. The largest absolute Gasteiger partial charge is 0.573 e. The zero-order chi connectivity index (χ0) is 23.0. The van der Waals surface area contributed by atoms with Crippen molar-refractivity contribution in [1.82, 2.24) is 10.2 Å². The third-order valence-electron chi connectivity index (χ3n) is 5.01. The van der Waals surface area contributed by atoms with Crippen LogP contribution in [0.2, 0.25) is 0 Å². The van der Waals surface area contributed by atoms with E-state index in [0.29, 0.717) is 30.3 Å². The summed E-state index contributed by atoms with van der Waals surface area (Å²) in [6.07, 6.45) is -2.92. The molecule has 0 spiro atoms. The van der Waals surface area contributed by atoms with Gasteiger partial charge in [-0.1, -0.05) is 54.2 Å². The van der Waals surface area contributed by atoms with E-state index in [-0.39, 0.29) is 17.7 Å². The van der Waals surface area contributed by atoms with Crippen molar-refractivity contribution in [1.29, 1.82) is 0 Å². The fourth-order valence-electron chi connectivity index (χ4n) is 3.46. The number of thioether (sulfide) groups is 1. The van der Waals surface area contributed by atoms with Gasteiger partial charge in [0.15, 0.2) is 5.17 Å². The lowest BCUT2D eigenvalue weighted by molar-refractivity contribution is -0.274. The van der Waals surface area contributed by atoms with Crippen LogP contribution >= 0.6 is 11.8 Å². The summed E-state index contributed by atoms with van der Waals surface area (Å²) >= 11 is 1.50. The lowest BCUT2D eigenvalue weighted by atomic mass is 10.1. The van der Waals surface area contributed by atoms with Gasteiger partial charge in [-0.25, -0.2) is 0 Å². The minimum Gasteiger partial charge on any atom is -0.406 e. The van der Waals surface area contributed by atoms with Crippen LogP contribution in [0.3, 0.4) is 0 Å². The summed E-state index contributed by atoms with van der Waals surface area (Å²) < 4.78 is 41.3. The smallest absolute Gasteiger partial charge is 0.406 e. The first-order valence-corrected chi connectivity index (χ1v) is 11.4. The Morgan fingerprint density at radius 3 is 2.56 bits per heavy atom. The van der Waals surface area contributed by atoms with Gasteiger partial charge in [0.1, 0.15) is 5.75 Å². The highest BCUT2D eigenvalue weighted by molar-refractivity contribution is 8.14. The number of carbonyl (C=O) groups is 1. The Bertz CT molecular complexity index is 905. The molecule has 0 bridgehead atoms. The number of amides is 1. The van der Waals surface area contributed by atoms with Crippen molar-refractivity contribution >= 4 is 22.8 Å². The van der Waals surface area contributed by atoms with Crippen LogP contribution < -0.4 is 10.1 Å². The van der Waals surface area contributed by atoms with E-state index in [2.05, 4.69) is 19.9 Å². The fraction of sp³-hybridized carbons (Fsp3) is 0.391. The zero-order valence-corrected chi connectivity index (χ0v) is 18.6. The summed E-state index contributed by atoms with van der Waals surface area (Å²) in [5.74, 6) is 0.243. The molecule has 172 valence electrons. The number of nitrogens with zero attached hydrogens (tertiary/aromatic N) is 2. The van der Waals surface area contributed by atoms with Crippen LogP contribution in [0.4, 0.5) is 13.2 Å². The van der Waals surface area contributed by atoms with E-state index in [0.717, 1.165) is 24.1 Å².